The second-order valence-electron chi connectivity index (χ2n) is 3.67. The molecule has 0 bridgehead atoms. The van der Waals surface area contributed by atoms with Gasteiger partial charge < -0.3 is 11.1 Å². The SMILES string of the molecule is C/C(CC1CCCCN1)=N\NC(N)=S. The molecule has 80 valence electrons. The number of hydrazone groups is 1. The smallest absolute Gasteiger partial charge is 0.184 e. The maximum Gasteiger partial charge on any atom is 0.184 e. The summed E-state index contributed by atoms with van der Waals surface area (Å²) < 4.78 is 0. The predicted molar refractivity (Wildman–Crippen MR) is 63.3 cm³/mol. The Hall–Kier alpha value is -0.680. The third-order valence-electron chi connectivity index (χ3n) is 2.31. The molecule has 0 aromatic rings. The van der Waals surface area contributed by atoms with E-state index in [1.807, 2.05) is 6.92 Å². The van der Waals surface area contributed by atoms with Gasteiger partial charge in [-0.2, -0.15) is 5.10 Å². The topological polar surface area (TPSA) is 62.4 Å². The van der Waals surface area contributed by atoms with Crippen LogP contribution in [0.15, 0.2) is 5.10 Å². The summed E-state index contributed by atoms with van der Waals surface area (Å²) in [7, 11) is 0. The van der Waals surface area contributed by atoms with Crippen LogP contribution >= 0.6 is 12.2 Å². The summed E-state index contributed by atoms with van der Waals surface area (Å²) in [6, 6.07) is 0.570. The van der Waals surface area contributed by atoms with Crippen LogP contribution in [-0.2, 0) is 0 Å². The molecule has 1 fully saturated rings. The lowest BCUT2D eigenvalue weighted by Crippen LogP contribution is -2.35. The lowest BCUT2D eigenvalue weighted by Gasteiger charge is -2.23. The normalized spacial score (nSPS) is 23.2. The van der Waals surface area contributed by atoms with Crippen LogP contribution < -0.4 is 16.5 Å². The molecule has 0 aromatic carbocycles. The van der Waals surface area contributed by atoms with E-state index in [1.165, 1.54) is 19.3 Å². The lowest BCUT2D eigenvalue weighted by molar-refractivity contribution is 0.409. The Morgan fingerprint density at radius 2 is 2.43 bits per heavy atom. The fraction of sp³-hybridized carbons (Fsp3) is 0.778. The van der Waals surface area contributed by atoms with E-state index >= 15 is 0 Å². The van der Waals surface area contributed by atoms with E-state index in [9.17, 15) is 0 Å². The van der Waals surface area contributed by atoms with Crippen molar-refractivity contribution in [2.75, 3.05) is 6.54 Å². The minimum atomic E-state index is 0.223. The van der Waals surface area contributed by atoms with Crippen molar-refractivity contribution in [3.8, 4) is 0 Å². The average Bonchev–Trinajstić information content (AvgIpc) is 2.16. The number of hydrogen-bond donors (Lipinski definition) is 3. The molecule has 1 rings (SSSR count). The first-order valence-corrected chi connectivity index (χ1v) is 5.41. The zero-order valence-corrected chi connectivity index (χ0v) is 9.36. The Morgan fingerprint density at radius 1 is 1.64 bits per heavy atom. The average molecular weight is 214 g/mol. The molecule has 0 aliphatic carbocycles. The standard InChI is InChI=1S/C9H18N4S/c1-7(12-13-9(10)14)6-8-4-2-3-5-11-8/h8,11H,2-6H2,1H3,(H3,10,13,14)/b12-7+. The van der Waals surface area contributed by atoms with Gasteiger partial charge in [-0.05, 0) is 38.5 Å². The molecule has 1 atom stereocenters. The van der Waals surface area contributed by atoms with E-state index in [1.54, 1.807) is 0 Å². The maximum absolute atomic E-state index is 5.27. The summed E-state index contributed by atoms with van der Waals surface area (Å²) in [5.41, 5.74) is 8.91. The van der Waals surface area contributed by atoms with Crippen molar-refractivity contribution < 1.29 is 0 Å². The van der Waals surface area contributed by atoms with Gasteiger partial charge in [0.15, 0.2) is 5.11 Å². The molecule has 0 spiro atoms. The van der Waals surface area contributed by atoms with Crippen LogP contribution in [0, 0.1) is 0 Å². The molecular formula is C9H18N4S. The van der Waals surface area contributed by atoms with Gasteiger partial charge in [0.1, 0.15) is 0 Å². The van der Waals surface area contributed by atoms with Gasteiger partial charge in [0, 0.05) is 18.2 Å². The fourth-order valence-corrected chi connectivity index (χ4v) is 1.70. The molecule has 0 aromatic heterocycles. The third-order valence-corrected chi connectivity index (χ3v) is 2.40. The van der Waals surface area contributed by atoms with Crippen molar-refractivity contribution in [2.24, 2.45) is 10.8 Å². The van der Waals surface area contributed by atoms with Crippen molar-refractivity contribution in [1.82, 2.24) is 10.7 Å². The molecule has 4 nitrogen and oxygen atoms in total. The molecule has 1 aliphatic rings. The second-order valence-corrected chi connectivity index (χ2v) is 4.11. The van der Waals surface area contributed by atoms with Gasteiger partial charge in [-0.15, -0.1) is 0 Å². The van der Waals surface area contributed by atoms with Gasteiger partial charge in [-0.1, -0.05) is 6.42 Å². The summed E-state index contributed by atoms with van der Waals surface area (Å²) in [6.07, 6.45) is 4.81. The summed E-state index contributed by atoms with van der Waals surface area (Å²) >= 11 is 4.66. The molecule has 0 saturated carbocycles. The molecule has 0 amide bonds. The minimum Gasteiger partial charge on any atom is -0.375 e. The van der Waals surface area contributed by atoms with Crippen LogP contribution in [0.25, 0.3) is 0 Å². The highest BCUT2D eigenvalue weighted by molar-refractivity contribution is 7.80. The first-order valence-electron chi connectivity index (χ1n) is 5.00. The highest BCUT2D eigenvalue weighted by Crippen LogP contribution is 2.10. The largest absolute Gasteiger partial charge is 0.375 e. The van der Waals surface area contributed by atoms with E-state index in [4.69, 9.17) is 5.73 Å². The van der Waals surface area contributed by atoms with Crippen molar-refractivity contribution in [3.63, 3.8) is 0 Å². The summed E-state index contributed by atoms with van der Waals surface area (Å²) in [6.45, 7) is 3.11. The summed E-state index contributed by atoms with van der Waals surface area (Å²) in [4.78, 5) is 0. The monoisotopic (exact) mass is 214 g/mol. The van der Waals surface area contributed by atoms with Crippen LogP contribution in [0.4, 0.5) is 0 Å². The van der Waals surface area contributed by atoms with E-state index in [0.29, 0.717) is 6.04 Å². The minimum absolute atomic E-state index is 0.223. The maximum atomic E-state index is 5.27. The number of nitrogens with two attached hydrogens (primary N) is 1. The molecule has 1 unspecified atom stereocenters. The Labute approximate surface area is 90.3 Å². The zero-order valence-electron chi connectivity index (χ0n) is 8.55. The number of thiocarbonyl (C=S) groups is 1. The van der Waals surface area contributed by atoms with Gasteiger partial charge >= 0.3 is 0 Å². The van der Waals surface area contributed by atoms with E-state index in [-0.39, 0.29) is 5.11 Å². The molecule has 4 N–H and O–H groups in total. The Morgan fingerprint density at radius 3 is 3.00 bits per heavy atom. The Bertz CT molecular complexity index is 221. The van der Waals surface area contributed by atoms with Gasteiger partial charge in [-0.25, -0.2) is 0 Å². The van der Waals surface area contributed by atoms with Gasteiger partial charge in [0.05, 0.1) is 0 Å². The molecule has 14 heavy (non-hydrogen) atoms. The van der Waals surface area contributed by atoms with Crippen LogP contribution in [0.2, 0.25) is 0 Å². The van der Waals surface area contributed by atoms with E-state index < -0.39 is 0 Å². The predicted octanol–water partition coefficient (Wildman–Crippen LogP) is 0.728. The van der Waals surface area contributed by atoms with Crippen LogP contribution in [-0.4, -0.2) is 23.4 Å². The highest BCUT2D eigenvalue weighted by Gasteiger charge is 2.12. The number of rotatable bonds is 3. The van der Waals surface area contributed by atoms with Crippen molar-refractivity contribution in [3.05, 3.63) is 0 Å². The zero-order chi connectivity index (χ0) is 10.4. The summed E-state index contributed by atoms with van der Waals surface area (Å²) in [5.74, 6) is 0. The Kier molecular flexibility index (Phi) is 4.82. The second kappa shape index (κ2) is 5.93. The highest BCUT2D eigenvalue weighted by atomic mass is 32.1. The number of piperidine rings is 1. The molecule has 5 heteroatoms. The van der Waals surface area contributed by atoms with Gasteiger partial charge in [-0.3, -0.25) is 5.43 Å². The van der Waals surface area contributed by atoms with Gasteiger partial charge in [0.2, 0.25) is 0 Å². The van der Waals surface area contributed by atoms with Crippen LogP contribution in [0.5, 0.6) is 0 Å². The first kappa shape index (κ1) is 11.4. The van der Waals surface area contributed by atoms with Crippen LogP contribution in [0.3, 0.4) is 0 Å². The molecular weight excluding hydrogens is 196 g/mol. The quantitative estimate of drug-likeness (QED) is 0.368. The number of nitrogens with one attached hydrogen (secondary N) is 2. The van der Waals surface area contributed by atoms with Gasteiger partial charge in [0.25, 0.3) is 0 Å². The molecule has 0 radical (unpaired) electrons. The fourth-order valence-electron chi connectivity index (χ4n) is 1.65. The van der Waals surface area contributed by atoms with E-state index in [0.717, 1.165) is 18.7 Å². The number of hydrogen-bond acceptors (Lipinski definition) is 3. The molecule has 1 saturated heterocycles. The molecule has 1 aliphatic heterocycles. The third kappa shape index (κ3) is 4.53. The first-order chi connectivity index (χ1) is 6.68. The van der Waals surface area contributed by atoms with Crippen molar-refractivity contribution >= 4 is 23.0 Å². The number of nitrogens with zero attached hydrogens (tertiary/aromatic N) is 1. The Balaban J connectivity index is 2.27. The van der Waals surface area contributed by atoms with Crippen molar-refractivity contribution in [2.45, 2.75) is 38.6 Å². The molecule has 1 heterocycles. The van der Waals surface area contributed by atoms with E-state index in [2.05, 4.69) is 28.1 Å². The van der Waals surface area contributed by atoms with Crippen molar-refractivity contribution in [1.29, 1.82) is 0 Å². The van der Waals surface area contributed by atoms with Crippen LogP contribution in [0.1, 0.15) is 32.6 Å². The lowest BCUT2D eigenvalue weighted by atomic mass is 10.0. The summed E-state index contributed by atoms with van der Waals surface area (Å²) in [5, 5.41) is 7.77.